The number of thiocarbonyl (C=S) groups is 1. The Balaban J connectivity index is 1.90. The van der Waals surface area contributed by atoms with E-state index in [1.54, 1.807) is 50.4 Å². The number of anilines is 1. The fourth-order valence-corrected chi connectivity index (χ4v) is 2.33. The van der Waals surface area contributed by atoms with Gasteiger partial charge in [-0.25, -0.2) is 0 Å². The summed E-state index contributed by atoms with van der Waals surface area (Å²) in [6, 6.07) is 14.0. The molecule has 0 atom stereocenters. The molecule has 0 spiro atoms. The molecule has 0 aliphatic heterocycles. The van der Waals surface area contributed by atoms with Crippen LogP contribution in [0.3, 0.4) is 0 Å². The van der Waals surface area contributed by atoms with Gasteiger partial charge >= 0.3 is 0 Å². The minimum atomic E-state index is -0.307. The number of hydrogen-bond acceptors (Lipinski definition) is 4. The highest BCUT2D eigenvalue weighted by atomic mass is 32.1. The van der Waals surface area contributed by atoms with Crippen LogP contribution in [-0.4, -0.2) is 43.0 Å². The molecule has 0 aliphatic carbocycles. The van der Waals surface area contributed by atoms with Crippen LogP contribution in [0.5, 0.6) is 5.75 Å². The summed E-state index contributed by atoms with van der Waals surface area (Å²) >= 11 is 5.17. The van der Waals surface area contributed by atoms with Crippen molar-refractivity contribution in [2.45, 2.75) is 6.42 Å². The highest BCUT2D eigenvalue weighted by molar-refractivity contribution is 7.80. The number of carbonyl (C=O) groups excluding carboxylic acids is 2. The molecule has 7 heteroatoms. The molecule has 0 heterocycles. The van der Waals surface area contributed by atoms with Gasteiger partial charge in [-0.2, -0.15) is 0 Å². The molecular weight excluding hydrogens is 350 g/mol. The molecule has 0 aromatic heterocycles. The zero-order valence-electron chi connectivity index (χ0n) is 14.9. The summed E-state index contributed by atoms with van der Waals surface area (Å²) in [6.45, 7) is 0. The first kappa shape index (κ1) is 19.4. The second kappa shape index (κ2) is 8.96. The fraction of sp³-hybridized carbons (Fsp3) is 0.211. The van der Waals surface area contributed by atoms with Crippen molar-refractivity contribution in [3.63, 3.8) is 0 Å². The number of methoxy groups -OCH3 is 1. The van der Waals surface area contributed by atoms with E-state index in [0.29, 0.717) is 17.7 Å². The highest BCUT2D eigenvalue weighted by Gasteiger charge is 2.09. The van der Waals surface area contributed by atoms with Gasteiger partial charge in [-0.05, 0) is 54.2 Å². The number of benzene rings is 2. The molecule has 0 bridgehead atoms. The van der Waals surface area contributed by atoms with Crippen LogP contribution in [0.2, 0.25) is 0 Å². The highest BCUT2D eigenvalue weighted by Crippen LogP contribution is 2.12. The summed E-state index contributed by atoms with van der Waals surface area (Å²) in [5, 5.41) is 5.77. The Kier molecular flexibility index (Phi) is 6.68. The van der Waals surface area contributed by atoms with E-state index in [2.05, 4.69) is 10.6 Å². The van der Waals surface area contributed by atoms with Gasteiger partial charge in [0.2, 0.25) is 5.91 Å². The van der Waals surface area contributed by atoms with E-state index in [1.807, 2.05) is 24.3 Å². The molecular formula is C19H21N3O3S. The standard InChI is InChI=1S/C19H21N3O3S/c1-22(2)17(23)12-13-4-8-15(9-5-13)20-19(26)21-18(24)14-6-10-16(25-3)11-7-14/h4-11H,12H2,1-3H3,(H2,20,21,24,26). The summed E-state index contributed by atoms with van der Waals surface area (Å²) in [5.74, 6) is 0.404. The van der Waals surface area contributed by atoms with Crippen molar-refractivity contribution in [3.8, 4) is 5.75 Å². The molecule has 0 fully saturated rings. The molecule has 26 heavy (non-hydrogen) atoms. The summed E-state index contributed by atoms with van der Waals surface area (Å²) in [5.41, 5.74) is 2.11. The number of nitrogens with zero attached hydrogens (tertiary/aromatic N) is 1. The van der Waals surface area contributed by atoms with Crippen molar-refractivity contribution in [1.82, 2.24) is 10.2 Å². The van der Waals surface area contributed by atoms with Gasteiger partial charge in [0.25, 0.3) is 5.91 Å². The fourth-order valence-electron chi connectivity index (χ4n) is 2.12. The lowest BCUT2D eigenvalue weighted by molar-refractivity contribution is -0.127. The number of nitrogens with one attached hydrogen (secondary N) is 2. The van der Waals surface area contributed by atoms with E-state index >= 15 is 0 Å². The minimum absolute atomic E-state index is 0.0352. The van der Waals surface area contributed by atoms with Crippen molar-refractivity contribution in [2.75, 3.05) is 26.5 Å². The maximum Gasteiger partial charge on any atom is 0.257 e. The summed E-state index contributed by atoms with van der Waals surface area (Å²) in [7, 11) is 5.01. The number of ether oxygens (including phenoxy) is 1. The zero-order chi connectivity index (χ0) is 19.1. The number of hydrogen-bond donors (Lipinski definition) is 2. The van der Waals surface area contributed by atoms with Gasteiger partial charge < -0.3 is 15.0 Å². The Labute approximate surface area is 158 Å². The molecule has 2 rings (SSSR count). The largest absolute Gasteiger partial charge is 0.497 e. The van der Waals surface area contributed by atoms with Gasteiger partial charge in [0.15, 0.2) is 5.11 Å². The Bertz CT molecular complexity index is 787. The number of amides is 2. The van der Waals surface area contributed by atoms with Gasteiger partial charge in [0.1, 0.15) is 5.75 Å². The Hall–Kier alpha value is -2.93. The maximum absolute atomic E-state index is 12.2. The van der Waals surface area contributed by atoms with Crippen molar-refractivity contribution in [2.24, 2.45) is 0 Å². The summed E-state index contributed by atoms with van der Waals surface area (Å²) < 4.78 is 5.06. The molecule has 0 radical (unpaired) electrons. The van der Waals surface area contributed by atoms with Crippen molar-refractivity contribution < 1.29 is 14.3 Å². The molecule has 2 aromatic carbocycles. The molecule has 2 N–H and O–H groups in total. The third-order valence-electron chi connectivity index (χ3n) is 3.65. The van der Waals surface area contributed by atoms with Crippen LogP contribution < -0.4 is 15.4 Å². The van der Waals surface area contributed by atoms with Gasteiger partial charge in [-0.1, -0.05) is 12.1 Å². The van der Waals surface area contributed by atoms with E-state index in [-0.39, 0.29) is 16.9 Å². The second-order valence-corrected chi connectivity index (χ2v) is 6.21. The summed E-state index contributed by atoms with van der Waals surface area (Å²) in [4.78, 5) is 25.4. The lowest BCUT2D eigenvalue weighted by atomic mass is 10.1. The van der Waals surface area contributed by atoms with Crippen LogP contribution in [-0.2, 0) is 11.2 Å². The van der Waals surface area contributed by atoms with E-state index < -0.39 is 0 Å². The first-order valence-corrected chi connectivity index (χ1v) is 8.35. The Morgan fingerprint density at radius 2 is 1.65 bits per heavy atom. The predicted octanol–water partition coefficient (Wildman–Crippen LogP) is 2.45. The monoisotopic (exact) mass is 371 g/mol. The first-order chi connectivity index (χ1) is 12.4. The number of rotatable bonds is 5. The van der Waals surface area contributed by atoms with Crippen LogP contribution in [0.15, 0.2) is 48.5 Å². The predicted molar refractivity (Wildman–Crippen MR) is 106 cm³/mol. The molecule has 0 unspecified atom stereocenters. The quantitative estimate of drug-likeness (QED) is 0.790. The van der Waals surface area contributed by atoms with Crippen molar-refractivity contribution in [3.05, 3.63) is 59.7 Å². The lowest BCUT2D eigenvalue weighted by Crippen LogP contribution is -2.34. The van der Waals surface area contributed by atoms with Crippen LogP contribution in [0, 0.1) is 0 Å². The van der Waals surface area contributed by atoms with Crippen molar-refractivity contribution in [1.29, 1.82) is 0 Å². The smallest absolute Gasteiger partial charge is 0.257 e. The van der Waals surface area contributed by atoms with Crippen LogP contribution in [0.4, 0.5) is 5.69 Å². The van der Waals surface area contributed by atoms with E-state index in [9.17, 15) is 9.59 Å². The Morgan fingerprint density at radius 3 is 2.19 bits per heavy atom. The van der Waals surface area contributed by atoms with Gasteiger partial charge in [0.05, 0.1) is 13.5 Å². The van der Waals surface area contributed by atoms with Gasteiger partial charge in [-0.3, -0.25) is 14.9 Å². The molecule has 2 aromatic rings. The first-order valence-electron chi connectivity index (χ1n) is 7.94. The minimum Gasteiger partial charge on any atom is -0.497 e. The third kappa shape index (κ3) is 5.56. The normalized spacial score (nSPS) is 9.96. The number of carbonyl (C=O) groups is 2. The van der Waals surface area contributed by atoms with E-state index in [4.69, 9.17) is 17.0 Å². The summed E-state index contributed by atoms with van der Waals surface area (Å²) in [6.07, 6.45) is 0.339. The molecule has 2 amide bonds. The Morgan fingerprint density at radius 1 is 1.04 bits per heavy atom. The van der Waals surface area contributed by atoms with Gasteiger partial charge in [-0.15, -0.1) is 0 Å². The molecule has 0 saturated carbocycles. The number of likely N-dealkylation sites (N-methyl/N-ethyl adjacent to an activating group) is 1. The topological polar surface area (TPSA) is 70.7 Å². The van der Waals surface area contributed by atoms with Gasteiger partial charge in [0, 0.05) is 25.3 Å². The second-order valence-electron chi connectivity index (χ2n) is 5.80. The average Bonchev–Trinajstić information content (AvgIpc) is 2.63. The average molecular weight is 371 g/mol. The maximum atomic E-state index is 12.2. The molecule has 136 valence electrons. The molecule has 0 aliphatic rings. The van der Waals surface area contributed by atoms with E-state index in [1.165, 1.54) is 0 Å². The molecule has 0 saturated heterocycles. The van der Waals surface area contributed by atoms with Crippen LogP contribution in [0.1, 0.15) is 15.9 Å². The van der Waals surface area contributed by atoms with E-state index in [0.717, 1.165) is 11.3 Å². The van der Waals surface area contributed by atoms with Crippen LogP contribution >= 0.6 is 12.2 Å². The SMILES string of the molecule is COc1ccc(C(=O)NC(=S)Nc2ccc(CC(=O)N(C)C)cc2)cc1. The molecule has 6 nitrogen and oxygen atoms in total. The lowest BCUT2D eigenvalue weighted by Gasteiger charge is -2.12. The zero-order valence-corrected chi connectivity index (χ0v) is 15.7. The third-order valence-corrected chi connectivity index (χ3v) is 3.85. The van der Waals surface area contributed by atoms with Crippen LogP contribution in [0.25, 0.3) is 0 Å². The van der Waals surface area contributed by atoms with Crippen molar-refractivity contribution >= 4 is 34.8 Å².